The highest BCUT2D eigenvalue weighted by Crippen LogP contribution is 2.34. The van der Waals surface area contributed by atoms with E-state index in [9.17, 15) is 14.9 Å². The summed E-state index contributed by atoms with van der Waals surface area (Å²) >= 11 is 5.56. The van der Waals surface area contributed by atoms with Crippen molar-refractivity contribution in [3.8, 4) is 0 Å². The Bertz CT molecular complexity index is 942. The standard InChI is InChI=1S/C20H19N3O4S/c1-3-27-19(24)17-13(2)22(15-7-5-4-6-8-15)20(28)21-18(17)14-9-11-16(12-10-14)23(25)26/h4-12,18H,3H2,1-2H3,(H,21,28)/t18-/m1/s1. The third-order valence-corrected chi connectivity index (χ3v) is 4.73. The number of nitrogens with one attached hydrogen (secondary N) is 1. The molecule has 2 aromatic rings. The zero-order chi connectivity index (χ0) is 20.3. The first-order chi connectivity index (χ1) is 13.4. The van der Waals surface area contributed by atoms with Crippen LogP contribution in [0.15, 0.2) is 65.9 Å². The van der Waals surface area contributed by atoms with Crippen LogP contribution >= 0.6 is 12.2 Å². The molecule has 7 nitrogen and oxygen atoms in total. The second kappa shape index (κ2) is 8.18. The predicted octanol–water partition coefficient (Wildman–Crippen LogP) is 3.87. The van der Waals surface area contributed by atoms with Gasteiger partial charge in [-0.2, -0.15) is 0 Å². The Hall–Kier alpha value is -3.26. The molecule has 1 aliphatic heterocycles. The number of carbonyl (C=O) groups excluding carboxylic acids is 1. The van der Waals surface area contributed by atoms with E-state index in [-0.39, 0.29) is 12.3 Å². The molecule has 0 aliphatic carbocycles. The molecule has 0 amide bonds. The molecule has 0 aromatic heterocycles. The maximum atomic E-state index is 12.8. The normalized spacial score (nSPS) is 16.6. The third kappa shape index (κ3) is 3.72. The number of hydrogen-bond donors (Lipinski definition) is 1. The lowest BCUT2D eigenvalue weighted by atomic mass is 9.94. The van der Waals surface area contributed by atoms with E-state index in [0.29, 0.717) is 21.9 Å². The van der Waals surface area contributed by atoms with Gasteiger partial charge in [-0.3, -0.25) is 15.0 Å². The average molecular weight is 397 g/mol. The van der Waals surface area contributed by atoms with Gasteiger partial charge in [-0.15, -0.1) is 0 Å². The van der Waals surface area contributed by atoms with Gasteiger partial charge >= 0.3 is 5.97 Å². The SMILES string of the molecule is CCOC(=O)C1=C(C)N(c2ccccc2)C(=S)N[C@@H]1c1ccc([N+](=O)[O-])cc1. The van der Waals surface area contributed by atoms with Gasteiger partial charge in [0, 0.05) is 23.5 Å². The summed E-state index contributed by atoms with van der Waals surface area (Å²) in [7, 11) is 0. The molecule has 0 saturated carbocycles. The first kappa shape index (κ1) is 19.5. The first-order valence-corrected chi connectivity index (χ1v) is 9.12. The molecule has 0 unspecified atom stereocenters. The van der Waals surface area contributed by atoms with Crippen LogP contribution in [0.5, 0.6) is 0 Å². The van der Waals surface area contributed by atoms with Crippen molar-refractivity contribution in [1.29, 1.82) is 0 Å². The minimum absolute atomic E-state index is 0.0218. The Morgan fingerprint density at radius 3 is 2.43 bits per heavy atom. The molecule has 2 aromatic carbocycles. The number of allylic oxidation sites excluding steroid dienone is 1. The van der Waals surface area contributed by atoms with E-state index in [4.69, 9.17) is 17.0 Å². The van der Waals surface area contributed by atoms with E-state index in [1.54, 1.807) is 24.0 Å². The summed E-state index contributed by atoms with van der Waals surface area (Å²) in [4.78, 5) is 25.0. The minimum atomic E-state index is -0.563. The zero-order valence-corrected chi connectivity index (χ0v) is 16.2. The van der Waals surface area contributed by atoms with Crippen molar-refractivity contribution in [2.45, 2.75) is 19.9 Å². The topological polar surface area (TPSA) is 84.7 Å². The molecule has 8 heteroatoms. The zero-order valence-electron chi connectivity index (χ0n) is 15.4. The Morgan fingerprint density at radius 2 is 1.86 bits per heavy atom. The number of thiocarbonyl (C=S) groups is 1. The molecule has 0 saturated heterocycles. The number of ether oxygens (including phenoxy) is 1. The second-order valence-electron chi connectivity index (χ2n) is 6.12. The Labute approximate surface area is 167 Å². The number of non-ortho nitro benzene ring substituents is 1. The van der Waals surface area contributed by atoms with Crippen molar-refractivity contribution in [3.63, 3.8) is 0 Å². The van der Waals surface area contributed by atoms with Crippen LogP contribution in [0.25, 0.3) is 0 Å². The van der Waals surface area contributed by atoms with E-state index in [1.807, 2.05) is 37.3 Å². The lowest BCUT2D eigenvalue weighted by molar-refractivity contribution is -0.384. The maximum absolute atomic E-state index is 12.8. The number of nitro benzene ring substituents is 1. The van der Waals surface area contributed by atoms with Crippen LogP contribution in [-0.4, -0.2) is 22.6 Å². The maximum Gasteiger partial charge on any atom is 0.338 e. The van der Waals surface area contributed by atoms with Crippen LogP contribution in [0.3, 0.4) is 0 Å². The van der Waals surface area contributed by atoms with Gasteiger partial charge in [0.15, 0.2) is 5.11 Å². The Balaban J connectivity index is 2.09. The van der Waals surface area contributed by atoms with Gasteiger partial charge < -0.3 is 10.1 Å². The molecular weight excluding hydrogens is 378 g/mol. The molecule has 0 spiro atoms. The van der Waals surface area contributed by atoms with Crippen LogP contribution < -0.4 is 10.2 Å². The molecule has 1 N–H and O–H groups in total. The lowest BCUT2D eigenvalue weighted by Crippen LogP contribution is -2.48. The highest BCUT2D eigenvalue weighted by atomic mass is 32.1. The van der Waals surface area contributed by atoms with Crippen molar-refractivity contribution in [2.75, 3.05) is 11.5 Å². The number of rotatable bonds is 5. The van der Waals surface area contributed by atoms with Crippen molar-refractivity contribution >= 4 is 34.7 Å². The van der Waals surface area contributed by atoms with Crippen molar-refractivity contribution in [3.05, 3.63) is 81.5 Å². The molecule has 1 atom stereocenters. The average Bonchev–Trinajstić information content (AvgIpc) is 2.68. The summed E-state index contributed by atoms with van der Waals surface area (Å²) in [5.41, 5.74) is 2.54. The van der Waals surface area contributed by atoms with Crippen molar-refractivity contribution < 1.29 is 14.5 Å². The highest BCUT2D eigenvalue weighted by Gasteiger charge is 2.35. The highest BCUT2D eigenvalue weighted by molar-refractivity contribution is 7.80. The largest absolute Gasteiger partial charge is 0.463 e. The molecule has 144 valence electrons. The summed E-state index contributed by atoms with van der Waals surface area (Å²) in [5.74, 6) is -0.459. The molecule has 0 radical (unpaired) electrons. The van der Waals surface area contributed by atoms with Crippen LogP contribution in [0, 0.1) is 10.1 Å². The quantitative estimate of drug-likeness (QED) is 0.355. The number of nitro groups is 1. The molecule has 1 heterocycles. The molecule has 1 aliphatic rings. The molecule has 28 heavy (non-hydrogen) atoms. The van der Waals surface area contributed by atoms with Gasteiger partial charge in [0.05, 0.1) is 23.1 Å². The van der Waals surface area contributed by atoms with E-state index in [2.05, 4.69) is 5.32 Å². The summed E-state index contributed by atoms with van der Waals surface area (Å²) in [5, 5.41) is 14.5. The van der Waals surface area contributed by atoms with Crippen molar-refractivity contribution in [2.24, 2.45) is 0 Å². The van der Waals surface area contributed by atoms with Gasteiger partial charge in [0.2, 0.25) is 0 Å². The number of carbonyl (C=O) groups is 1. The summed E-state index contributed by atoms with van der Waals surface area (Å²) in [6.07, 6.45) is 0. The van der Waals surface area contributed by atoms with E-state index in [1.165, 1.54) is 12.1 Å². The predicted molar refractivity (Wildman–Crippen MR) is 110 cm³/mol. The van der Waals surface area contributed by atoms with E-state index >= 15 is 0 Å². The monoisotopic (exact) mass is 397 g/mol. The van der Waals surface area contributed by atoms with Gasteiger partial charge in [0.25, 0.3) is 5.69 Å². The fourth-order valence-electron chi connectivity index (χ4n) is 3.14. The van der Waals surface area contributed by atoms with Crippen LogP contribution in [0.4, 0.5) is 11.4 Å². The van der Waals surface area contributed by atoms with Gasteiger partial charge in [-0.1, -0.05) is 18.2 Å². The minimum Gasteiger partial charge on any atom is -0.463 e. The smallest absolute Gasteiger partial charge is 0.338 e. The Morgan fingerprint density at radius 1 is 1.21 bits per heavy atom. The number of anilines is 1. The second-order valence-corrected chi connectivity index (χ2v) is 6.51. The number of para-hydroxylation sites is 1. The molecule has 3 rings (SSSR count). The molecule has 0 bridgehead atoms. The number of hydrogen-bond acceptors (Lipinski definition) is 5. The fraction of sp³-hybridized carbons (Fsp3) is 0.200. The lowest BCUT2D eigenvalue weighted by Gasteiger charge is -2.37. The van der Waals surface area contributed by atoms with Crippen LogP contribution in [0.1, 0.15) is 25.5 Å². The Kier molecular flexibility index (Phi) is 5.70. The number of benzene rings is 2. The first-order valence-electron chi connectivity index (χ1n) is 8.72. The summed E-state index contributed by atoms with van der Waals surface area (Å²) in [6.45, 7) is 3.79. The van der Waals surface area contributed by atoms with Gasteiger partial charge in [-0.25, -0.2) is 4.79 Å². The molecular formula is C20H19N3O4S. The van der Waals surface area contributed by atoms with E-state index < -0.39 is 16.9 Å². The van der Waals surface area contributed by atoms with Gasteiger partial charge in [0.1, 0.15) is 0 Å². The van der Waals surface area contributed by atoms with Crippen molar-refractivity contribution in [1.82, 2.24) is 5.32 Å². The summed E-state index contributed by atoms with van der Waals surface area (Å²) < 4.78 is 5.27. The van der Waals surface area contributed by atoms with Crippen LogP contribution in [-0.2, 0) is 9.53 Å². The third-order valence-electron chi connectivity index (χ3n) is 4.43. The van der Waals surface area contributed by atoms with Crippen LogP contribution in [0.2, 0.25) is 0 Å². The van der Waals surface area contributed by atoms with E-state index in [0.717, 1.165) is 5.69 Å². The summed E-state index contributed by atoms with van der Waals surface area (Å²) in [6, 6.07) is 14.9. The number of esters is 1. The molecule has 0 fully saturated rings. The van der Waals surface area contributed by atoms with Gasteiger partial charge in [-0.05, 0) is 55.9 Å². The number of nitrogens with zero attached hydrogens (tertiary/aromatic N) is 2. The fourth-order valence-corrected chi connectivity index (χ4v) is 3.50.